The number of thioether (sulfide) groups is 1. The van der Waals surface area contributed by atoms with Crippen molar-refractivity contribution in [1.82, 2.24) is 15.2 Å². The highest BCUT2D eigenvalue weighted by molar-refractivity contribution is 7.98. The van der Waals surface area contributed by atoms with Gasteiger partial charge < -0.3 is 10.5 Å². The predicted molar refractivity (Wildman–Crippen MR) is 103 cm³/mol. The summed E-state index contributed by atoms with van der Waals surface area (Å²) in [7, 11) is 0. The molecule has 8 heteroatoms. The van der Waals surface area contributed by atoms with Crippen LogP contribution in [0.5, 0.6) is 0 Å². The van der Waals surface area contributed by atoms with Gasteiger partial charge in [-0.2, -0.15) is 9.83 Å². The van der Waals surface area contributed by atoms with Crippen molar-refractivity contribution in [3.05, 3.63) is 83.6 Å². The van der Waals surface area contributed by atoms with E-state index < -0.39 is 0 Å². The fourth-order valence-electron chi connectivity index (χ4n) is 2.58. The van der Waals surface area contributed by atoms with E-state index in [2.05, 4.69) is 20.5 Å². The summed E-state index contributed by atoms with van der Waals surface area (Å²) in [5.74, 6) is 0.382. The Kier molecular flexibility index (Phi) is 4.71. The second-order valence-corrected chi connectivity index (χ2v) is 6.80. The fourth-order valence-corrected chi connectivity index (χ4v) is 3.53. The van der Waals surface area contributed by atoms with Gasteiger partial charge in [0.2, 0.25) is 0 Å². The number of hydrogen-bond acceptors (Lipinski definition) is 5. The van der Waals surface area contributed by atoms with Crippen LogP contribution in [-0.2, 0) is 5.75 Å². The first-order valence-corrected chi connectivity index (χ1v) is 9.17. The van der Waals surface area contributed by atoms with Crippen LogP contribution in [0.4, 0.5) is 5.69 Å². The molecule has 0 atom stereocenters. The minimum Gasteiger partial charge on any atom is -0.619 e. The van der Waals surface area contributed by atoms with Crippen molar-refractivity contribution in [3.8, 4) is 0 Å². The van der Waals surface area contributed by atoms with Crippen LogP contribution in [0.1, 0.15) is 15.9 Å². The number of carbonyl (C=O) groups is 1. The monoisotopic (exact) mass is 377 g/mol. The van der Waals surface area contributed by atoms with E-state index in [0.717, 1.165) is 21.2 Å². The average molecular weight is 377 g/mol. The van der Waals surface area contributed by atoms with E-state index in [1.54, 1.807) is 36.7 Å². The second-order valence-electron chi connectivity index (χ2n) is 5.84. The van der Waals surface area contributed by atoms with Gasteiger partial charge in [-0.1, -0.05) is 0 Å². The van der Waals surface area contributed by atoms with E-state index in [0.29, 0.717) is 22.0 Å². The van der Waals surface area contributed by atoms with Gasteiger partial charge in [0.15, 0.2) is 12.4 Å². The van der Waals surface area contributed by atoms with Gasteiger partial charge in [0.25, 0.3) is 5.91 Å². The predicted octanol–water partition coefficient (Wildman–Crippen LogP) is 3.14. The normalized spacial score (nSPS) is 10.8. The number of fused-ring (bicyclic) bond motifs is 1. The minimum absolute atomic E-state index is 0.227. The molecule has 0 fully saturated rings. The number of nitrogens with one attached hydrogen (secondary N) is 2. The molecular formula is C19H15N5O2S. The maximum absolute atomic E-state index is 12.7. The van der Waals surface area contributed by atoms with Gasteiger partial charge in [-0.05, 0) is 35.9 Å². The summed E-state index contributed by atoms with van der Waals surface area (Å²) in [6.45, 7) is 0. The van der Waals surface area contributed by atoms with E-state index in [-0.39, 0.29) is 5.91 Å². The van der Waals surface area contributed by atoms with Crippen molar-refractivity contribution in [1.29, 1.82) is 0 Å². The van der Waals surface area contributed by atoms with Gasteiger partial charge in [-0.15, -0.1) is 11.8 Å². The Labute approximate surface area is 159 Å². The molecule has 0 radical (unpaired) electrons. The van der Waals surface area contributed by atoms with Crippen molar-refractivity contribution in [3.63, 3.8) is 0 Å². The SMILES string of the molecule is O=C(Nc1ccc2cn[nH]c2c1)c1cccnc1SCc1cc[n+]([O-])cc1. The lowest BCUT2D eigenvalue weighted by atomic mass is 10.2. The molecule has 7 nitrogen and oxygen atoms in total. The second kappa shape index (κ2) is 7.46. The standard InChI is InChI=1S/C19H15N5O2S/c25-18(22-15-4-3-14-11-21-23-17(14)10-15)16-2-1-7-20-19(16)27-12-13-5-8-24(26)9-6-13/h1-11H,12H2,(H,21,23)(H,22,25). The first-order chi connectivity index (χ1) is 13.2. The summed E-state index contributed by atoms with van der Waals surface area (Å²) < 4.78 is 0.740. The number of carbonyl (C=O) groups excluding carboxylic acids is 1. The van der Waals surface area contributed by atoms with Crippen LogP contribution in [0.25, 0.3) is 10.9 Å². The molecule has 0 unspecified atom stereocenters. The van der Waals surface area contributed by atoms with Crippen molar-refractivity contribution in [2.24, 2.45) is 0 Å². The maximum Gasteiger partial charge on any atom is 0.258 e. The van der Waals surface area contributed by atoms with Crippen LogP contribution < -0.4 is 10.0 Å². The third-order valence-electron chi connectivity index (χ3n) is 3.96. The van der Waals surface area contributed by atoms with Crippen molar-refractivity contribution in [2.45, 2.75) is 10.8 Å². The Hall–Kier alpha value is -3.39. The number of nitrogens with zero attached hydrogens (tertiary/aromatic N) is 3. The number of H-pyrrole nitrogens is 1. The highest BCUT2D eigenvalue weighted by Gasteiger charge is 2.14. The molecule has 4 rings (SSSR count). The molecule has 0 saturated carbocycles. The van der Waals surface area contributed by atoms with Crippen LogP contribution in [-0.4, -0.2) is 21.1 Å². The van der Waals surface area contributed by atoms with Gasteiger partial charge in [-0.3, -0.25) is 9.89 Å². The summed E-state index contributed by atoms with van der Waals surface area (Å²) in [5, 5.41) is 22.5. The van der Waals surface area contributed by atoms with Crippen LogP contribution >= 0.6 is 11.8 Å². The van der Waals surface area contributed by atoms with Gasteiger partial charge in [0, 0.05) is 35.2 Å². The van der Waals surface area contributed by atoms with Crippen molar-refractivity contribution < 1.29 is 9.52 Å². The number of pyridine rings is 2. The largest absolute Gasteiger partial charge is 0.619 e. The summed E-state index contributed by atoms with van der Waals surface area (Å²) >= 11 is 1.45. The highest BCUT2D eigenvalue weighted by Crippen LogP contribution is 2.25. The molecule has 1 amide bonds. The summed E-state index contributed by atoms with van der Waals surface area (Å²) in [6.07, 6.45) is 6.29. The topological polar surface area (TPSA) is 97.6 Å². The molecule has 0 saturated heterocycles. The molecule has 3 aromatic heterocycles. The number of aromatic nitrogens is 4. The Morgan fingerprint density at radius 2 is 2.07 bits per heavy atom. The van der Waals surface area contributed by atoms with E-state index in [1.165, 1.54) is 24.2 Å². The van der Waals surface area contributed by atoms with E-state index in [9.17, 15) is 10.0 Å². The number of hydrogen-bond donors (Lipinski definition) is 2. The van der Waals surface area contributed by atoms with Crippen LogP contribution in [0.15, 0.2) is 72.3 Å². The third-order valence-corrected chi connectivity index (χ3v) is 5.04. The zero-order valence-electron chi connectivity index (χ0n) is 14.1. The summed E-state index contributed by atoms with van der Waals surface area (Å²) in [4.78, 5) is 17.1. The molecule has 1 aromatic carbocycles. The minimum atomic E-state index is -0.227. The average Bonchev–Trinajstić information content (AvgIpc) is 3.15. The summed E-state index contributed by atoms with van der Waals surface area (Å²) in [6, 6.07) is 12.6. The van der Waals surface area contributed by atoms with Crippen LogP contribution in [0.2, 0.25) is 0 Å². The van der Waals surface area contributed by atoms with Crippen LogP contribution in [0, 0.1) is 5.21 Å². The van der Waals surface area contributed by atoms with E-state index in [1.807, 2.05) is 18.2 Å². The molecule has 27 heavy (non-hydrogen) atoms. The molecule has 134 valence electrons. The lowest BCUT2D eigenvalue weighted by molar-refractivity contribution is -0.605. The zero-order valence-corrected chi connectivity index (χ0v) is 14.9. The molecular weight excluding hydrogens is 362 g/mol. The zero-order chi connectivity index (χ0) is 18.6. The van der Waals surface area contributed by atoms with Gasteiger partial charge in [0.1, 0.15) is 5.03 Å². The summed E-state index contributed by atoms with van der Waals surface area (Å²) in [5.41, 5.74) is 3.02. The van der Waals surface area contributed by atoms with Gasteiger partial charge in [0.05, 0.1) is 17.3 Å². The molecule has 3 heterocycles. The number of amides is 1. The van der Waals surface area contributed by atoms with Gasteiger partial charge in [-0.25, -0.2) is 4.98 Å². The number of aromatic amines is 1. The van der Waals surface area contributed by atoms with Gasteiger partial charge >= 0.3 is 0 Å². The first-order valence-electron chi connectivity index (χ1n) is 8.19. The quantitative estimate of drug-likeness (QED) is 0.316. The Morgan fingerprint density at radius 3 is 2.93 bits per heavy atom. The van der Waals surface area contributed by atoms with E-state index in [4.69, 9.17) is 0 Å². The number of anilines is 1. The molecule has 4 aromatic rings. The first kappa shape index (κ1) is 17.0. The molecule has 0 aliphatic heterocycles. The third kappa shape index (κ3) is 3.90. The lowest BCUT2D eigenvalue weighted by Gasteiger charge is -2.09. The van der Waals surface area contributed by atoms with E-state index >= 15 is 0 Å². The highest BCUT2D eigenvalue weighted by atomic mass is 32.2. The Balaban J connectivity index is 1.50. The Morgan fingerprint density at radius 1 is 1.22 bits per heavy atom. The molecule has 0 aliphatic rings. The molecule has 2 N–H and O–H groups in total. The molecule has 0 aliphatic carbocycles. The van der Waals surface area contributed by atoms with Crippen molar-refractivity contribution >= 4 is 34.3 Å². The molecule has 0 spiro atoms. The Bertz CT molecular complexity index is 1090. The molecule has 0 bridgehead atoms. The van der Waals surface area contributed by atoms with Crippen LogP contribution in [0.3, 0.4) is 0 Å². The fraction of sp³-hybridized carbons (Fsp3) is 0.0526. The smallest absolute Gasteiger partial charge is 0.258 e. The number of benzene rings is 1. The lowest BCUT2D eigenvalue weighted by Crippen LogP contribution is -2.23. The number of rotatable bonds is 5. The maximum atomic E-state index is 12.7. The van der Waals surface area contributed by atoms with Crippen molar-refractivity contribution in [2.75, 3.05) is 5.32 Å².